The van der Waals surface area contributed by atoms with Crippen molar-refractivity contribution in [2.24, 2.45) is 0 Å². The molecule has 1 aromatic rings. The third kappa shape index (κ3) is 2.72. The van der Waals surface area contributed by atoms with Gasteiger partial charge in [0, 0.05) is 28.1 Å². The van der Waals surface area contributed by atoms with Crippen LogP contribution >= 0.6 is 31.9 Å². The zero-order valence-electron chi connectivity index (χ0n) is 8.55. The van der Waals surface area contributed by atoms with Crippen LogP contribution in [0.25, 0.3) is 0 Å². The number of benzene rings is 1. The van der Waals surface area contributed by atoms with Gasteiger partial charge in [-0.25, -0.2) is 0 Å². The second-order valence-electron chi connectivity index (χ2n) is 3.09. The number of hydrogen-bond acceptors (Lipinski definition) is 2. The number of carbonyl (C=O) groups excluding carboxylic acids is 1. The summed E-state index contributed by atoms with van der Waals surface area (Å²) in [5.74, 6) is 0.0149. The van der Waals surface area contributed by atoms with Gasteiger partial charge in [0.15, 0.2) is 0 Å². The quantitative estimate of drug-likeness (QED) is 0.844. The number of rotatable bonds is 2. The molecular weight excluding hydrogens is 324 g/mol. The SMILES string of the molecule is CCN(C(C)=O)c1cc(Br)c(N)c(Br)c1. The maximum Gasteiger partial charge on any atom is 0.223 e. The Balaban J connectivity index is 3.20. The highest BCUT2D eigenvalue weighted by Crippen LogP contribution is 2.33. The molecule has 0 unspecified atom stereocenters. The number of nitrogen functional groups attached to an aromatic ring is 1. The van der Waals surface area contributed by atoms with E-state index in [9.17, 15) is 4.79 Å². The molecule has 0 radical (unpaired) electrons. The minimum Gasteiger partial charge on any atom is -0.397 e. The molecule has 82 valence electrons. The van der Waals surface area contributed by atoms with Crippen molar-refractivity contribution in [2.75, 3.05) is 17.2 Å². The molecule has 0 fully saturated rings. The highest BCUT2D eigenvalue weighted by Gasteiger charge is 2.12. The lowest BCUT2D eigenvalue weighted by molar-refractivity contribution is -0.116. The highest BCUT2D eigenvalue weighted by atomic mass is 79.9. The maximum absolute atomic E-state index is 11.3. The van der Waals surface area contributed by atoms with Gasteiger partial charge in [-0.3, -0.25) is 4.79 Å². The van der Waals surface area contributed by atoms with Crippen LogP contribution in [0, 0.1) is 0 Å². The molecular formula is C10H12Br2N2O. The van der Waals surface area contributed by atoms with E-state index in [1.54, 1.807) is 11.8 Å². The summed E-state index contributed by atoms with van der Waals surface area (Å²) in [5.41, 5.74) is 7.24. The zero-order chi connectivity index (χ0) is 11.6. The minimum absolute atomic E-state index is 0.0149. The van der Waals surface area contributed by atoms with Crippen molar-refractivity contribution < 1.29 is 4.79 Å². The molecule has 1 amide bonds. The van der Waals surface area contributed by atoms with Crippen molar-refractivity contribution in [3.8, 4) is 0 Å². The van der Waals surface area contributed by atoms with Crippen molar-refractivity contribution >= 4 is 49.1 Å². The van der Waals surface area contributed by atoms with E-state index in [0.717, 1.165) is 14.6 Å². The molecule has 0 heterocycles. The lowest BCUT2D eigenvalue weighted by Gasteiger charge is -2.20. The van der Waals surface area contributed by atoms with E-state index >= 15 is 0 Å². The molecule has 3 nitrogen and oxygen atoms in total. The van der Waals surface area contributed by atoms with Gasteiger partial charge in [-0.1, -0.05) is 0 Å². The second kappa shape index (κ2) is 4.99. The number of halogens is 2. The number of carbonyl (C=O) groups is 1. The van der Waals surface area contributed by atoms with E-state index in [1.807, 2.05) is 19.1 Å². The van der Waals surface area contributed by atoms with Gasteiger partial charge < -0.3 is 10.6 Å². The van der Waals surface area contributed by atoms with Gasteiger partial charge in [0.25, 0.3) is 0 Å². The van der Waals surface area contributed by atoms with E-state index in [4.69, 9.17) is 5.73 Å². The standard InChI is InChI=1S/C10H12Br2N2O/c1-3-14(6(2)15)7-4-8(11)10(13)9(12)5-7/h4-5H,3,13H2,1-2H3. The summed E-state index contributed by atoms with van der Waals surface area (Å²) >= 11 is 6.70. The molecule has 0 saturated heterocycles. The van der Waals surface area contributed by atoms with Gasteiger partial charge in [0.1, 0.15) is 0 Å². The molecule has 5 heteroatoms. The third-order valence-electron chi connectivity index (χ3n) is 2.07. The summed E-state index contributed by atoms with van der Waals surface area (Å²) in [4.78, 5) is 13.0. The minimum atomic E-state index is 0.0149. The Kier molecular flexibility index (Phi) is 4.16. The van der Waals surface area contributed by atoms with Crippen LogP contribution in [-0.2, 0) is 4.79 Å². The normalized spacial score (nSPS) is 10.1. The van der Waals surface area contributed by atoms with Crippen LogP contribution in [0.15, 0.2) is 21.1 Å². The Labute approximate surface area is 106 Å². The topological polar surface area (TPSA) is 46.3 Å². The number of amides is 1. The first kappa shape index (κ1) is 12.5. The monoisotopic (exact) mass is 334 g/mol. The number of nitrogens with two attached hydrogens (primary N) is 1. The van der Waals surface area contributed by atoms with E-state index in [2.05, 4.69) is 31.9 Å². The Morgan fingerprint density at radius 3 is 2.20 bits per heavy atom. The molecule has 0 spiro atoms. The fraction of sp³-hybridized carbons (Fsp3) is 0.300. The summed E-state index contributed by atoms with van der Waals surface area (Å²) in [6.45, 7) is 4.11. The Bertz CT molecular complexity index is 370. The van der Waals surface area contributed by atoms with Crippen LogP contribution in [0.3, 0.4) is 0 Å². The molecule has 2 N–H and O–H groups in total. The first-order valence-corrected chi connectivity index (χ1v) is 6.08. The third-order valence-corrected chi connectivity index (χ3v) is 3.38. The van der Waals surface area contributed by atoms with Gasteiger partial charge in [0.2, 0.25) is 5.91 Å². The molecule has 15 heavy (non-hydrogen) atoms. The Morgan fingerprint density at radius 1 is 1.40 bits per heavy atom. The van der Waals surface area contributed by atoms with Gasteiger partial charge in [0.05, 0.1) is 5.69 Å². The molecule has 1 rings (SSSR count). The van der Waals surface area contributed by atoms with Crippen LogP contribution in [0.4, 0.5) is 11.4 Å². The lowest BCUT2D eigenvalue weighted by atomic mass is 10.2. The average molecular weight is 336 g/mol. The molecule has 0 atom stereocenters. The molecule has 0 aliphatic carbocycles. The summed E-state index contributed by atoms with van der Waals surface area (Å²) in [5, 5.41) is 0. The number of anilines is 2. The Hall–Kier alpha value is -0.550. The first-order chi connectivity index (χ1) is 6.97. The van der Waals surface area contributed by atoms with Gasteiger partial charge in [-0.15, -0.1) is 0 Å². The van der Waals surface area contributed by atoms with Gasteiger partial charge >= 0.3 is 0 Å². The summed E-state index contributed by atoms with van der Waals surface area (Å²) in [6, 6.07) is 3.68. The number of hydrogen-bond donors (Lipinski definition) is 1. The van der Waals surface area contributed by atoms with Crippen molar-refractivity contribution in [1.29, 1.82) is 0 Å². The van der Waals surface area contributed by atoms with Crippen LogP contribution in [0.1, 0.15) is 13.8 Å². The van der Waals surface area contributed by atoms with E-state index < -0.39 is 0 Å². The molecule has 0 saturated carbocycles. The summed E-state index contributed by atoms with van der Waals surface area (Å²) < 4.78 is 1.57. The molecule has 0 aromatic heterocycles. The molecule has 0 aliphatic heterocycles. The summed E-state index contributed by atoms with van der Waals surface area (Å²) in [7, 11) is 0. The fourth-order valence-corrected chi connectivity index (χ4v) is 2.48. The predicted octanol–water partition coefficient (Wildman–Crippen LogP) is 3.17. The molecule has 1 aromatic carbocycles. The summed E-state index contributed by atoms with van der Waals surface area (Å²) in [6.07, 6.45) is 0. The second-order valence-corrected chi connectivity index (χ2v) is 4.80. The van der Waals surface area contributed by atoms with Crippen molar-refractivity contribution in [1.82, 2.24) is 0 Å². The van der Waals surface area contributed by atoms with Crippen LogP contribution < -0.4 is 10.6 Å². The van der Waals surface area contributed by atoms with E-state index in [-0.39, 0.29) is 5.91 Å². The highest BCUT2D eigenvalue weighted by molar-refractivity contribution is 9.11. The number of nitrogens with zero attached hydrogens (tertiary/aromatic N) is 1. The van der Waals surface area contributed by atoms with E-state index in [1.165, 1.54) is 0 Å². The first-order valence-electron chi connectivity index (χ1n) is 4.50. The average Bonchev–Trinajstić information content (AvgIpc) is 2.14. The smallest absolute Gasteiger partial charge is 0.223 e. The predicted molar refractivity (Wildman–Crippen MR) is 70.0 cm³/mol. The fourth-order valence-electron chi connectivity index (χ4n) is 1.31. The van der Waals surface area contributed by atoms with Gasteiger partial charge in [-0.05, 0) is 50.9 Å². The van der Waals surface area contributed by atoms with Crippen LogP contribution in [-0.4, -0.2) is 12.5 Å². The van der Waals surface area contributed by atoms with Crippen LogP contribution in [0.2, 0.25) is 0 Å². The van der Waals surface area contributed by atoms with E-state index in [0.29, 0.717) is 12.2 Å². The van der Waals surface area contributed by atoms with Crippen molar-refractivity contribution in [3.05, 3.63) is 21.1 Å². The Morgan fingerprint density at radius 2 is 1.87 bits per heavy atom. The zero-order valence-corrected chi connectivity index (χ0v) is 11.7. The van der Waals surface area contributed by atoms with Crippen molar-refractivity contribution in [2.45, 2.75) is 13.8 Å². The maximum atomic E-state index is 11.3. The molecule has 0 aliphatic rings. The van der Waals surface area contributed by atoms with Gasteiger partial charge in [-0.2, -0.15) is 0 Å². The molecule has 0 bridgehead atoms. The van der Waals surface area contributed by atoms with Crippen molar-refractivity contribution in [3.63, 3.8) is 0 Å². The van der Waals surface area contributed by atoms with Crippen LogP contribution in [0.5, 0.6) is 0 Å². The largest absolute Gasteiger partial charge is 0.397 e. The lowest BCUT2D eigenvalue weighted by Crippen LogP contribution is -2.27.